The number of benzene rings is 2. The highest BCUT2D eigenvalue weighted by atomic mass is 16.6. The summed E-state index contributed by atoms with van der Waals surface area (Å²) in [6.07, 6.45) is 17.0. The third-order valence-electron chi connectivity index (χ3n) is 7.74. The Bertz CT molecular complexity index is 1140. The number of ketones is 1. The van der Waals surface area contributed by atoms with Crippen molar-refractivity contribution in [1.29, 1.82) is 0 Å². The number of hydrogen-bond acceptors (Lipinski definition) is 5. The molecular weight excluding hydrogens is 504 g/mol. The van der Waals surface area contributed by atoms with Crippen LogP contribution >= 0.6 is 0 Å². The molecule has 1 unspecified atom stereocenters. The molecule has 1 aliphatic heterocycles. The number of nitro benzene ring substituents is 1. The molecule has 3 rings (SSSR count). The quantitative estimate of drug-likeness (QED) is 0.0502. The predicted molar refractivity (Wildman–Crippen MR) is 159 cm³/mol. The van der Waals surface area contributed by atoms with Crippen LogP contribution in [0.15, 0.2) is 60.2 Å². The highest BCUT2D eigenvalue weighted by molar-refractivity contribution is 6.46. The summed E-state index contributed by atoms with van der Waals surface area (Å²) in [5.74, 6) is -1.70. The molecule has 0 radical (unpaired) electrons. The number of nitro groups is 1. The summed E-state index contributed by atoms with van der Waals surface area (Å²) >= 11 is 0. The molecule has 1 saturated heterocycles. The van der Waals surface area contributed by atoms with Crippen molar-refractivity contribution in [2.45, 2.75) is 103 Å². The topological polar surface area (TPSA) is 101 Å². The van der Waals surface area contributed by atoms with Crippen LogP contribution in [0.4, 0.5) is 5.69 Å². The molecule has 1 aliphatic rings. The molecule has 7 heteroatoms. The van der Waals surface area contributed by atoms with Crippen molar-refractivity contribution in [3.05, 3.63) is 81.4 Å². The first-order valence-corrected chi connectivity index (χ1v) is 15.0. The Morgan fingerprint density at radius 2 is 1.35 bits per heavy atom. The lowest BCUT2D eigenvalue weighted by atomic mass is 9.95. The molecule has 216 valence electrons. The van der Waals surface area contributed by atoms with E-state index in [-0.39, 0.29) is 17.0 Å². The number of non-ortho nitro benzene ring substituents is 1. The fourth-order valence-corrected chi connectivity index (χ4v) is 5.49. The van der Waals surface area contributed by atoms with Gasteiger partial charge in [-0.3, -0.25) is 19.7 Å². The van der Waals surface area contributed by atoms with Gasteiger partial charge in [-0.15, -0.1) is 0 Å². The van der Waals surface area contributed by atoms with Crippen LogP contribution in [-0.4, -0.2) is 33.2 Å². The van der Waals surface area contributed by atoms with Crippen molar-refractivity contribution in [2.24, 2.45) is 0 Å². The number of amides is 1. The van der Waals surface area contributed by atoms with Crippen LogP contribution in [0.2, 0.25) is 0 Å². The van der Waals surface area contributed by atoms with E-state index in [4.69, 9.17) is 0 Å². The fourth-order valence-electron chi connectivity index (χ4n) is 5.49. The molecule has 0 aromatic heterocycles. The minimum absolute atomic E-state index is 0.0259. The minimum atomic E-state index is -0.873. The van der Waals surface area contributed by atoms with Crippen molar-refractivity contribution in [3.8, 4) is 0 Å². The Kier molecular flexibility index (Phi) is 12.9. The Hall–Kier alpha value is -3.48. The Morgan fingerprint density at radius 1 is 0.800 bits per heavy atom. The van der Waals surface area contributed by atoms with Crippen LogP contribution in [-0.2, 0) is 9.59 Å². The second kappa shape index (κ2) is 16.6. The van der Waals surface area contributed by atoms with Crippen LogP contribution in [0, 0.1) is 10.1 Å². The van der Waals surface area contributed by atoms with Gasteiger partial charge >= 0.3 is 0 Å². The van der Waals surface area contributed by atoms with Gasteiger partial charge in [0.2, 0.25) is 0 Å². The van der Waals surface area contributed by atoms with Gasteiger partial charge in [-0.25, -0.2) is 0 Å². The van der Waals surface area contributed by atoms with E-state index in [1.165, 1.54) is 81.2 Å². The summed E-state index contributed by atoms with van der Waals surface area (Å²) in [6, 6.07) is 13.7. The van der Waals surface area contributed by atoms with E-state index >= 15 is 0 Å². The van der Waals surface area contributed by atoms with Gasteiger partial charge in [0.15, 0.2) is 0 Å². The smallest absolute Gasteiger partial charge is 0.295 e. The van der Waals surface area contributed by atoms with E-state index < -0.39 is 22.7 Å². The molecular formula is C33H44N2O5. The summed E-state index contributed by atoms with van der Waals surface area (Å²) in [7, 11) is 0. The SMILES string of the molecule is CCCCCCCCCCCCCCCCN1C(=O)C(=O)/C(=C(/O)c2ccccc2)C1c1cccc([N+](=O)[O-])c1. The van der Waals surface area contributed by atoms with Crippen LogP contribution in [0.25, 0.3) is 5.76 Å². The summed E-state index contributed by atoms with van der Waals surface area (Å²) in [5.41, 5.74) is 0.713. The fraction of sp³-hybridized carbons (Fsp3) is 0.515. The Labute approximate surface area is 238 Å². The first kappa shape index (κ1) is 31.1. The van der Waals surface area contributed by atoms with Gasteiger partial charge in [0.1, 0.15) is 5.76 Å². The van der Waals surface area contributed by atoms with E-state index in [1.807, 2.05) is 0 Å². The average molecular weight is 549 g/mol. The van der Waals surface area contributed by atoms with Gasteiger partial charge < -0.3 is 10.0 Å². The molecule has 0 aliphatic carbocycles. The molecule has 2 aromatic rings. The normalized spacial score (nSPS) is 16.5. The highest BCUT2D eigenvalue weighted by Crippen LogP contribution is 2.40. The van der Waals surface area contributed by atoms with Crippen LogP contribution < -0.4 is 0 Å². The zero-order chi connectivity index (χ0) is 28.7. The molecule has 0 spiro atoms. The molecule has 40 heavy (non-hydrogen) atoms. The van der Waals surface area contributed by atoms with E-state index in [2.05, 4.69) is 6.92 Å². The number of aliphatic hydroxyl groups excluding tert-OH is 1. The zero-order valence-corrected chi connectivity index (χ0v) is 23.9. The second-order valence-electron chi connectivity index (χ2n) is 10.8. The van der Waals surface area contributed by atoms with Crippen molar-refractivity contribution in [1.82, 2.24) is 4.90 Å². The first-order valence-electron chi connectivity index (χ1n) is 15.0. The highest BCUT2D eigenvalue weighted by Gasteiger charge is 2.46. The number of carbonyl (C=O) groups is 2. The summed E-state index contributed by atoms with van der Waals surface area (Å²) in [5, 5.41) is 22.5. The number of carbonyl (C=O) groups excluding carboxylic acids is 2. The molecule has 1 fully saturated rings. The lowest BCUT2D eigenvalue weighted by Crippen LogP contribution is -2.30. The van der Waals surface area contributed by atoms with Gasteiger partial charge in [0.05, 0.1) is 16.5 Å². The maximum atomic E-state index is 13.1. The van der Waals surface area contributed by atoms with Gasteiger partial charge in [-0.05, 0) is 12.0 Å². The van der Waals surface area contributed by atoms with Crippen molar-refractivity contribution in [2.75, 3.05) is 6.54 Å². The zero-order valence-electron chi connectivity index (χ0n) is 23.9. The molecule has 1 N–H and O–H groups in total. The Morgan fingerprint density at radius 3 is 1.90 bits per heavy atom. The number of likely N-dealkylation sites (tertiary alicyclic amines) is 1. The standard InChI is InChI=1S/C33H44N2O5/c1-2-3-4-5-6-7-8-9-10-11-12-13-14-18-24-34-30(27-22-19-23-28(25-27)35(39)40)29(32(37)33(34)38)31(36)26-20-16-15-17-21-26/h15-17,19-23,25,30,36H,2-14,18,24H2,1H3/b31-29+. The number of rotatable bonds is 18. The number of unbranched alkanes of at least 4 members (excludes halogenated alkanes) is 13. The summed E-state index contributed by atoms with van der Waals surface area (Å²) in [6.45, 7) is 2.59. The van der Waals surface area contributed by atoms with Crippen LogP contribution in [0.5, 0.6) is 0 Å². The first-order chi connectivity index (χ1) is 19.5. The van der Waals surface area contributed by atoms with Gasteiger partial charge in [0.25, 0.3) is 17.4 Å². The number of Topliss-reactive ketones (excluding diaryl/α,β-unsaturated/α-hetero) is 1. The van der Waals surface area contributed by atoms with Crippen molar-refractivity contribution in [3.63, 3.8) is 0 Å². The van der Waals surface area contributed by atoms with E-state index in [0.717, 1.165) is 25.7 Å². The number of hydrogen-bond donors (Lipinski definition) is 1. The molecule has 1 atom stereocenters. The second-order valence-corrected chi connectivity index (χ2v) is 10.8. The summed E-state index contributed by atoms with van der Waals surface area (Å²) < 4.78 is 0. The van der Waals surface area contributed by atoms with Gasteiger partial charge in [0, 0.05) is 24.2 Å². The lowest BCUT2D eigenvalue weighted by molar-refractivity contribution is -0.384. The monoisotopic (exact) mass is 548 g/mol. The maximum absolute atomic E-state index is 13.1. The summed E-state index contributed by atoms with van der Waals surface area (Å²) in [4.78, 5) is 38.7. The number of nitrogens with zero attached hydrogens (tertiary/aromatic N) is 2. The minimum Gasteiger partial charge on any atom is -0.507 e. The van der Waals surface area contributed by atoms with E-state index in [0.29, 0.717) is 17.7 Å². The van der Waals surface area contributed by atoms with Crippen molar-refractivity contribution < 1.29 is 19.6 Å². The van der Waals surface area contributed by atoms with E-state index in [1.54, 1.807) is 42.5 Å². The Balaban J connectivity index is 1.57. The van der Waals surface area contributed by atoms with Crippen LogP contribution in [0.3, 0.4) is 0 Å². The van der Waals surface area contributed by atoms with E-state index in [9.17, 15) is 24.8 Å². The molecule has 2 aromatic carbocycles. The van der Waals surface area contributed by atoms with Crippen molar-refractivity contribution >= 4 is 23.1 Å². The molecule has 0 saturated carbocycles. The molecule has 1 heterocycles. The molecule has 1 amide bonds. The molecule has 7 nitrogen and oxygen atoms in total. The van der Waals surface area contributed by atoms with Gasteiger partial charge in [-0.2, -0.15) is 0 Å². The average Bonchev–Trinajstić information content (AvgIpc) is 3.22. The third kappa shape index (κ3) is 8.77. The predicted octanol–water partition coefficient (Wildman–Crippen LogP) is 8.50. The molecule has 0 bridgehead atoms. The maximum Gasteiger partial charge on any atom is 0.295 e. The van der Waals surface area contributed by atoms with Gasteiger partial charge in [-0.1, -0.05) is 133 Å². The largest absolute Gasteiger partial charge is 0.507 e. The third-order valence-corrected chi connectivity index (χ3v) is 7.74. The number of aliphatic hydroxyl groups is 1. The van der Waals surface area contributed by atoms with Crippen LogP contribution in [0.1, 0.15) is 114 Å². The lowest BCUT2D eigenvalue weighted by Gasteiger charge is -2.25.